The van der Waals surface area contributed by atoms with Crippen LogP contribution in [0.4, 0.5) is 9.18 Å². The summed E-state index contributed by atoms with van der Waals surface area (Å²) in [5.74, 6) is -0.504. The Labute approximate surface area is 140 Å². The van der Waals surface area contributed by atoms with Crippen molar-refractivity contribution in [2.45, 2.75) is 12.2 Å². The van der Waals surface area contributed by atoms with Crippen molar-refractivity contribution in [1.29, 1.82) is 0 Å². The van der Waals surface area contributed by atoms with Gasteiger partial charge in [-0.05, 0) is 11.6 Å². The van der Waals surface area contributed by atoms with E-state index in [0.29, 0.717) is 0 Å². The van der Waals surface area contributed by atoms with E-state index in [4.69, 9.17) is 4.74 Å². The molecular weight excluding hydrogens is 311 g/mol. The molecule has 0 aliphatic carbocycles. The second-order valence-corrected chi connectivity index (χ2v) is 5.26. The highest BCUT2D eigenvalue weighted by Gasteiger charge is 2.15. The number of halogens is 1. The quantitative estimate of drug-likeness (QED) is 0.730. The largest absolute Gasteiger partial charge is 0.386 e. The number of hydrogen-bond acceptors (Lipinski definition) is 3. The van der Waals surface area contributed by atoms with Gasteiger partial charge in [0.1, 0.15) is 5.82 Å². The van der Waals surface area contributed by atoms with Gasteiger partial charge in [0.2, 0.25) is 0 Å². The lowest BCUT2D eigenvalue weighted by Gasteiger charge is -2.18. The molecule has 6 heteroatoms. The molecule has 2 unspecified atom stereocenters. The van der Waals surface area contributed by atoms with Crippen LogP contribution in [0.5, 0.6) is 0 Å². The molecular formula is C18H21FN2O3. The Balaban J connectivity index is 1.80. The molecule has 2 aromatic rings. The summed E-state index contributed by atoms with van der Waals surface area (Å²) >= 11 is 0. The third kappa shape index (κ3) is 5.04. The fourth-order valence-corrected chi connectivity index (χ4v) is 2.30. The van der Waals surface area contributed by atoms with Crippen molar-refractivity contribution in [2.75, 3.05) is 20.2 Å². The smallest absolute Gasteiger partial charge is 0.314 e. The van der Waals surface area contributed by atoms with Gasteiger partial charge < -0.3 is 20.5 Å². The maximum atomic E-state index is 13.5. The molecule has 0 bridgehead atoms. The lowest BCUT2D eigenvalue weighted by atomic mass is 10.1. The number of ether oxygens (including phenoxy) is 1. The summed E-state index contributed by atoms with van der Waals surface area (Å²) in [4.78, 5) is 11.8. The van der Waals surface area contributed by atoms with Crippen LogP contribution in [-0.2, 0) is 4.74 Å². The van der Waals surface area contributed by atoms with Crippen molar-refractivity contribution >= 4 is 6.03 Å². The third-order valence-corrected chi connectivity index (χ3v) is 3.62. The Hall–Kier alpha value is -2.44. The molecule has 2 aromatic carbocycles. The fourth-order valence-electron chi connectivity index (χ4n) is 2.30. The van der Waals surface area contributed by atoms with E-state index < -0.39 is 18.0 Å². The number of aliphatic hydroxyl groups is 1. The predicted molar refractivity (Wildman–Crippen MR) is 89.0 cm³/mol. The van der Waals surface area contributed by atoms with E-state index in [1.807, 2.05) is 30.3 Å². The second-order valence-electron chi connectivity index (χ2n) is 5.26. The molecule has 0 spiro atoms. The molecule has 128 valence electrons. The van der Waals surface area contributed by atoms with Gasteiger partial charge in [-0.3, -0.25) is 0 Å². The molecule has 0 saturated heterocycles. The molecule has 0 aromatic heterocycles. The molecule has 0 heterocycles. The van der Waals surface area contributed by atoms with Gasteiger partial charge in [0.15, 0.2) is 0 Å². The number of carbonyl (C=O) groups excluding carboxylic acids is 1. The van der Waals surface area contributed by atoms with Crippen LogP contribution < -0.4 is 10.6 Å². The summed E-state index contributed by atoms with van der Waals surface area (Å²) in [6.07, 6.45) is -1.38. The highest BCUT2D eigenvalue weighted by atomic mass is 19.1. The van der Waals surface area contributed by atoms with Gasteiger partial charge in [0.05, 0.1) is 12.2 Å². The molecule has 3 N–H and O–H groups in total. The van der Waals surface area contributed by atoms with Crippen molar-refractivity contribution in [1.82, 2.24) is 10.6 Å². The molecule has 0 aliphatic rings. The Morgan fingerprint density at radius 3 is 2.38 bits per heavy atom. The second kappa shape index (κ2) is 9.00. The first-order valence-electron chi connectivity index (χ1n) is 7.63. The van der Waals surface area contributed by atoms with Gasteiger partial charge in [-0.25, -0.2) is 9.18 Å². The van der Waals surface area contributed by atoms with Crippen LogP contribution in [0.3, 0.4) is 0 Å². The Morgan fingerprint density at radius 2 is 1.71 bits per heavy atom. The van der Waals surface area contributed by atoms with Gasteiger partial charge in [-0.2, -0.15) is 0 Å². The molecule has 0 radical (unpaired) electrons. The predicted octanol–water partition coefficient (Wildman–Crippen LogP) is 2.55. The topological polar surface area (TPSA) is 70.6 Å². The summed E-state index contributed by atoms with van der Waals surface area (Å²) in [5.41, 5.74) is 1.10. The number of nitrogens with one attached hydrogen (secondary N) is 2. The first kappa shape index (κ1) is 17.9. The van der Waals surface area contributed by atoms with E-state index in [2.05, 4.69) is 10.6 Å². The molecule has 2 amide bonds. The van der Waals surface area contributed by atoms with E-state index in [1.165, 1.54) is 12.1 Å². The number of hydrogen-bond donors (Lipinski definition) is 3. The first-order chi connectivity index (χ1) is 11.6. The minimum absolute atomic E-state index is 0.0875. The van der Waals surface area contributed by atoms with Crippen LogP contribution in [-0.4, -0.2) is 31.3 Å². The van der Waals surface area contributed by atoms with Gasteiger partial charge in [0.25, 0.3) is 0 Å². The standard InChI is InChI=1S/C18H21FN2O3/c1-24-17(13-7-3-2-4-8-13)12-21-18(23)20-11-16(22)14-9-5-6-10-15(14)19/h2-10,16-17,22H,11-12H2,1H3,(H2,20,21,23). The van der Waals surface area contributed by atoms with E-state index in [1.54, 1.807) is 19.2 Å². The normalized spacial score (nSPS) is 13.1. The molecule has 2 atom stereocenters. The first-order valence-corrected chi connectivity index (χ1v) is 7.63. The highest BCUT2D eigenvalue weighted by molar-refractivity contribution is 5.73. The van der Waals surface area contributed by atoms with Crippen molar-refractivity contribution in [3.05, 3.63) is 71.5 Å². The minimum atomic E-state index is -1.11. The molecule has 0 fully saturated rings. The highest BCUT2D eigenvalue weighted by Crippen LogP contribution is 2.16. The summed E-state index contributed by atoms with van der Waals surface area (Å²) in [7, 11) is 1.57. The van der Waals surface area contributed by atoms with Gasteiger partial charge in [-0.15, -0.1) is 0 Å². The van der Waals surface area contributed by atoms with E-state index >= 15 is 0 Å². The molecule has 5 nitrogen and oxygen atoms in total. The maximum absolute atomic E-state index is 13.5. The zero-order valence-electron chi connectivity index (χ0n) is 13.4. The van der Waals surface area contributed by atoms with Crippen molar-refractivity contribution in [3.63, 3.8) is 0 Å². The SMILES string of the molecule is COC(CNC(=O)NCC(O)c1ccccc1F)c1ccccc1. The monoisotopic (exact) mass is 332 g/mol. The number of amides is 2. The Bertz CT molecular complexity index is 652. The van der Waals surface area contributed by atoms with Crippen LogP contribution >= 0.6 is 0 Å². The number of benzene rings is 2. The van der Waals surface area contributed by atoms with Crippen LogP contribution in [0.25, 0.3) is 0 Å². The van der Waals surface area contributed by atoms with Gasteiger partial charge >= 0.3 is 6.03 Å². The zero-order chi connectivity index (χ0) is 17.4. The minimum Gasteiger partial charge on any atom is -0.386 e. The summed E-state index contributed by atoms with van der Waals surface area (Å²) in [6, 6.07) is 15.0. The van der Waals surface area contributed by atoms with Crippen LogP contribution in [0.1, 0.15) is 23.3 Å². The van der Waals surface area contributed by atoms with Gasteiger partial charge in [-0.1, -0.05) is 48.5 Å². The van der Waals surface area contributed by atoms with Crippen molar-refractivity contribution in [3.8, 4) is 0 Å². The average Bonchev–Trinajstić information content (AvgIpc) is 2.61. The van der Waals surface area contributed by atoms with Crippen molar-refractivity contribution < 1.29 is 19.0 Å². The van der Waals surface area contributed by atoms with Crippen LogP contribution in [0.15, 0.2) is 54.6 Å². The zero-order valence-corrected chi connectivity index (χ0v) is 13.4. The number of rotatable bonds is 7. The van der Waals surface area contributed by atoms with Crippen molar-refractivity contribution in [2.24, 2.45) is 0 Å². The third-order valence-electron chi connectivity index (χ3n) is 3.62. The molecule has 24 heavy (non-hydrogen) atoms. The van der Waals surface area contributed by atoms with Crippen LogP contribution in [0.2, 0.25) is 0 Å². The lowest BCUT2D eigenvalue weighted by Crippen LogP contribution is -2.40. The lowest BCUT2D eigenvalue weighted by molar-refractivity contribution is 0.103. The number of methoxy groups -OCH3 is 1. The molecule has 0 saturated carbocycles. The summed E-state index contributed by atoms with van der Waals surface area (Å²) in [5, 5.41) is 15.1. The van der Waals surface area contributed by atoms with Crippen LogP contribution in [0, 0.1) is 5.82 Å². The Morgan fingerprint density at radius 1 is 1.08 bits per heavy atom. The van der Waals surface area contributed by atoms with E-state index in [0.717, 1.165) is 5.56 Å². The van der Waals surface area contributed by atoms with E-state index in [9.17, 15) is 14.3 Å². The Kier molecular flexibility index (Phi) is 6.72. The van der Waals surface area contributed by atoms with E-state index in [-0.39, 0.29) is 24.8 Å². The number of urea groups is 1. The molecule has 0 aliphatic heterocycles. The van der Waals surface area contributed by atoms with Gasteiger partial charge in [0, 0.05) is 25.8 Å². The average molecular weight is 332 g/mol. The summed E-state index contributed by atoms with van der Waals surface area (Å²) in [6.45, 7) is 0.192. The fraction of sp³-hybridized carbons (Fsp3) is 0.278. The maximum Gasteiger partial charge on any atom is 0.314 e. The molecule has 2 rings (SSSR count). The number of aliphatic hydroxyl groups excluding tert-OH is 1. The summed E-state index contributed by atoms with van der Waals surface area (Å²) < 4.78 is 18.9. The number of carbonyl (C=O) groups is 1.